The number of carbonyl (C=O) groups excluding carboxylic acids is 1. The van der Waals surface area contributed by atoms with Gasteiger partial charge in [-0.3, -0.25) is 9.78 Å². The van der Waals surface area contributed by atoms with Gasteiger partial charge in [-0.15, -0.1) is 29.1 Å². The summed E-state index contributed by atoms with van der Waals surface area (Å²) in [6.07, 6.45) is 1.33. The summed E-state index contributed by atoms with van der Waals surface area (Å²) in [6, 6.07) is 35.7. The zero-order valence-corrected chi connectivity index (χ0v) is 30.8. The van der Waals surface area contributed by atoms with E-state index in [2.05, 4.69) is 111 Å². The molecule has 0 atom stereocenters. The van der Waals surface area contributed by atoms with Crippen LogP contribution in [0, 0.1) is 16.9 Å². The number of aliphatic hydroxyl groups excluding tert-OH is 1. The third-order valence-corrected chi connectivity index (χ3v) is 9.51. The van der Waals surface area contributed by atoms with Gasteiger partial charge in [-0.2, -0.15) is 0 Å². The third-order valence-electron chi connectivity index (χ3n) is 7.48. The van der Waals surface area contributed by atoms with E-state index in [9.17, 15) is 9.90 Å². The minimum Gasteiger partial charge on any atom is -0.512 e. The molecule has 231 valence electrons. The molecule has 0 fully saturated rings. The SMILES string of the molecule is CC(C)(C)C(=O)/C=C(\O)C(C)(C)C.C[Si](C)(C)c1cc(-c2[c-]ccc3ccccc23)nc2ccc(-c3ccccc3)cc12.[Ir]. The number of rotatable bonds is 4. The van der Waals surface area contributed by atoms with E-state index < -0.39 is 13.5 Å². The normalized spacial score (nSPS) is 12.3. The van der Waals surface area contributed by atoms with E-state index in [4.69, 9.17) is 4.98 Å². The number of aliphatic hydroxyl groups is 1. The van der Waals surface area contributed by atoms with Crippen LogP contribution in [0.5, 0.6) is 0 Å². The Morgan fingerprint density at radius 2 is 1.41 bits per heavy atom. The Morgan fingerprint density at radius 1 is 0.773 bits per heavy atom. The summed E-state index contributed by atoms with van der Waals surface area (Å²) >= 11 is 0. The summed E-state index contributed by atoms with van der Waals surface area (Å²) in [4.78, 5) is 16.6. The van der Waals surface area contributed by atoms with Gasteiger partial charge >= 0.3 is 0 Å². The van der Waals surface area contributed by atoms with Crippen molar-refractivity contribution in [1.29, 1.82) is 0 Å². The summed E-state index contributed by atoms with van der Waals surface area (Å²) in [6.45, 7) is 18.3. The Balaban J connectivity index is 0.000000324. The average molecular weight is 779 g/mol. The molecule has 0 bridgehead atoms. The summed E-state index contributed by atoms with van der Waals surface area (Å²) < 4.78 is 0. The minimum atomic E-state index is -1.61. The Kier molecular flexibility index (Phi) is 11.0. The Morgan fingerprint density at radius 3 is 2.02 bits per heavy atom. The fourth-order valence-corrected chi connectivity index (χ4v) is 6.29. The molecule has 1 heterocycles. The van der Waals surface area contributed by atoms with Gasteiger partial charge in [0.15, 0.2) is 5.78 Å². The number of fused-ring (bicyclic) bond motifs is 2. The van der Waals surface area contributed by atoms with Crippen molar-refractivity contribution in [2.75, 3.05) is 0 Å². The monoisotopic (exact) mass is 779 g/mol. The van der Waals surface area contributed by atoms with Gasteiger partial charge in [-0.25, -0.2) is 0 Å². The first-order valence-electron chi connectivity index (χ1n) is 14.9. The molecule has 4 aromatic carbocycles. The van der Waals surface area contributed by atoms with Crippen molar-refractivity contribution in [3.8, 4) is 22.4 Å². The molecule has 0 amide bonds. The zero-order chi connectivity index (χ0) is 31.6. The van der Waals surface area contributed by atoms with E-state index in [1.54, 1.807) is 0 Å². The topological polar surface area (TPSA) is 50.2 Å². The minimum absolute atomic E-state index is 0. The summed E-state index contributed by atoms with van der Waals surface area (Å²) in [7, 11) is -1.61. The molecule has 5 heteroatoms. The fourth-order valence-electron chi connectivity index (χ4n) is 4.72. The average Bonchev–Trinajstić information content (AvgIpc) is 2.95. The first-order chi connectivity index (χ1) is 20.1. The molecule has 1 aromatic heterocycles. The predicted octanol–water partition coefficient (Wildman–Crippen LogP) is 10.2. The molecule has 0 saturated heterocycles. The largest absolute Gasteiger partial charge is 0.512 e. The second-order valence-corrected chi connectivity index (χ2v) is 19.3. The smallest absolute Gasteiger partial charge is 0.164 e. The number of aromatic nitrogens is 1. The number of carbonyl (C=O) groups is 1. The number of nitrogens with zero attached hydrogens (tertiary/aromatic N) is 1. The van der Waals surface area contributed by atoms with Gasteiger partial charge in [0.05, 0.1) is 13.6 Å². The van der Waals surface area contributed by atoms with Crippen LogP contribution in [0.25, 0.3) is 44.1 Å². The first kappa shape index (κ1) is 35.1. The molecular formula is C39H44IrNO2Si-. The number of benzene rings is 4. The van der Waals surface area contributed by atoms with Crippen LogP contribution in [0.15, 0.2) is 103 Å². The van der Waals surface area contributed by atoms with Crippen LogP contribution >= 0.6 is 0 Å². The van der Waals surface area contributed by atoms with Crippen LogP contribution < -0.4 is 5.19 Å². The van der Waals surface area contributed by atoms with Gasteiger partial charge in [0.1, 0.15) is 5.76 Å². The van der Waals surface area contributed by atoms with Crippen molar-refractivity contribution in [2.45, 2.75) is 61.2 Å². The molecule has 0 aliphatic heterocycles. The fraction of sp³-hybridized carbons (Fsp3) is 0.282. The summed E-state index contributed by atoms with van der Waals surface area (Å²) in [5.74, 6) is 0.104. The zero-order valence-electron chi connectivity index (χ0n) is 27.4. The second kappa shape index (κ2) is 13.7. The number of hydrogen-bond acceptors (Lipinski definition) is 3. The van der Waals surface area contributed by atoms with Crippen LogP contribution in [0.3, 0.4) is 0 Å². The van der Waals surface area contributed by atoms with E-state index in [0.29, 0.717) is 0 Å². The van der Waals surface area contributed by atoms with Crippen LogP contribution in [-0.4, -0.2) is 23.9 Å². The molecule has 1 N–H and O–H groups in total. The van der Waals surface area contributed by atoms with Crippen molar-refractivity contribution in [1.82, 2.24) is 4.98 Å². The number of hydrogen-bond donors (Lipinski definition) is 1. The number of ketones is 1. The molecule has 0 spiro atoms. The van der Waals surface area contributed by atoms with Gasteiger partial charge in [-0.1, -0.05) is 138 Å². The molecular weight excluding hydrogens is 735 g/mol. The van der Waals surface area contributed by atoms with Crippen LogP contribution in [0.1, 0.15) is 41.5 Å². The standard InChI is InChI=1S/C28H24NSi.C11H20O2.Ir/c1-30(2,3)28-19-27(24-15-9-13-21-12-7-8-14-23(21)24)29-26-17-16-22(18-25(26)28)20-10-5-4-6-11-20;1-10(2,3)8(12)7-9(13)11(4,5)6;/h4-14,16-19H,1-3H3;7,12H,1-6H3;/q-1;;/b;8-7-;. The second-order valence-electron chi connectivity index (χ2n) is 14.2. The summed E-state index contributed by atoms with van der Waals surface area (Å²) in [5, 5.41) is 14.7. The van der Waals surface area contributed by atoms with Crippen LogP contribution in [0.4, 0.5) is 0 Å². The van der Waals surface area contributed by atoms with E-state index in [0.717, 1.165) is 16.8 Å². The molecule has 5 rings (SSSR count). The molecule has 0 saturated carbocycles. The number of allylic oxidation sites excluding steroid dienone is 2. The maximum Gasteiger partial charge on any atom is 0.164 e. The van der Waals surface area contributed by atoms with Crippen LogP contribution in [-0.2, 0) is 24.9 Å². The molecule has 0 unspecified atom stereocenters. The molecule has 1 radical (unpaired) electrons. The molecule has 0 aliphatic carbocycles. The van der Waals surface area contributed by atoms with Crippen molar-refractivity contribution < 1.29 is 30.0 Å². The molecule has 44 heavy (non-hydrogen) atoms. The van der Waals surface area contributed by atoms with Crippen molar-refractivity contribution in [3.63, 3.8) is 0 Å². The first-order valence-corrected chi connectivity index (χ1v) is 18.4. The molecule has 3 nitrogen and oxygen atoms in total. The van der Waals surface area contributed by atoms with Gasteiger partial charge < -0.3 is 5.11 Å². The van der Waals surface area contributed by atoms with E-state index in [1.807, 2.05) is 47.6 Å². The van der Waals surface area contributed by atoms with E-state index in [-0.39, 0.29) is 37.1 Å². The summed E-state index contributed by atoms with van der Waals surface area (Å²) in [5.41, 5.74) is 4.89. The van der Waals surface area contributed by atoms with Gasteiger partial charge in [-0.05, 0) is 34.3 Å². The molecule has 5 aromatic rings. The van der Waals surface area contributed by atoms with Crippen molar-refractivity contribution in [2.24, 2.45) is 10.8 Å². The Bertz CT molecular complexity index is 1780. The third kappa shape index (κ3) is 8.41. The van der Waals surface area contributed by atoms with Gasteiger partial charge in [0.25, 0.3) is 0 Å². The van der Waals surface area contributed by atoms with E-state index >= 15 is 0 Å². The van der Waals surface area contributed by atoms with Gasteiger partial charge in [0, 0.05) is 37.0 Å². The van der Waals surface area contributed by atoms with Crippen molar-refractivity contribution in [3.05, 3.63) is 109 Å². The van der Waals surface area contributed by atoms with Crippen LogP contribution in [0.2, 0.25) is 19.6 Å². The Hall–Kier alpha value is -3.37. The number of pyridine rings is 1. The maximum atomic E-state index is 11.5. The quantitative estimate of drug-likeness (QED) is 0.0856. The predicted molar refractivity (Wildman–Crippen MR) is 187 cm³/mol. The van der Waals surface area contributed by atoms with Gasteiger partial charge in [0.2, 0.25) is 0 Å². The van der Waals surface area contributed by atoms with Crippen molar-refractivity contribution >= 4 is 40.7 Å². The maximum absolute atomic E-state index is 11.5. The van der Waals surface area contributed by atoms with E-state index in [1.165, 1.54) is 38.5 Å². The molecule has 0 aliphatic rings. The Labute approximate surface area is 277 Å².